The number of hydrogen-bond donors (Lipinski definition) is 0. The summed E-state index contributed by atoms with van der Waals surface area (Å²) in [4.78, 5) is 41.7. The summed E-state index contributed by atoms with van der Waals surface area (Å²) in [7, 11) is 0. The molecule has 0 N–H and O–H groups in total. The van der Waals surface area contributed by atoms with Gasteiger partial charge in [-0.2, -0.15) is 0 Å². The van der Waals surface area contributed by atoms with Crippen LogP contribution in [0.1, 0.15) is 54.4 Å². The first-order chi connectivity index (χ1) is 11.7. The van der Waals surface area contributed by atoms with Crippen LogP contribution in [0, 0.1) is 0 Å². The van der Waals surface area contributed by atoms with Gasteiger partial charge in [0.2, 0.25) is 0 Å². The minimum absolute atomic E-state index is 0. The predicted molar refractivity (Wildman–Crippen MR) is 89.2 cm³/mol. The number of esters is 2. The molecule has 0 saturated carbocycles. The summed E-state index contributed by atoms with van der Waals surface area (Å²) in [5.41, 5.74) is -1.12. The van der Waals surface area contributed by atoms with Crippen molar-refractivity contribution in [2.24, 2.45) is 0 Å². The fraction of sp³-hybridized carbons (Fsp3) is 0.556. The molecule has 0 aromatic carbocycles. The molecule has 0 unspecified atom stereocenters. The number of ether oxygens (including phenoxy) is 2. The van der Waals surface area contributed by atoms with Gasteiger partial charge in [-0.3, -0.25) is 0 Å². The van der Waals surface area contributed by atoms with E-state index in [2.05, 4.69) is 0 Å². The van der Waals surface area contributed by atoms with Crippen molar-refractivity contribution in [1.29, 1.82) is 0 Å². The molecule has 0 aliphatic heterocycles. The van der Waals surface area contributed by atoms with Crippen LogP contribution < -0.4 is 10.2 Å². The molecule has 0 heterocycles. The van der Waals surface area contributed by atoms with E-state index < -0.39 is 35.1 Å². The standard InChI is InChI=1S/2C9H14O4.Cd/c2*1-4-9(2,3)13-8(12)6-5-7(10)11;/h2*5-6H,4H2,1-3H3,(H,10,11);/q;;+2/p-2/b2*6-5-;. The maximum Gasteiger partial charge on any atom is 2.00 e. The van der Waals surface area contributed by atoms with Crippen molar-refractivity contribution in [3.63, 3.8) is 0 Å². The van der Waals surface area contributed by atoms with Crippen molar-refractivity contribution < 1.29 is 66.2 Å². The summed E-state index contributed by atoms with van der Waals surface area (Å²) in [6.45, 7) is 10.7. The van der Waals surface area contributed by atoms with Crippen molar-refractivity contribution in [2.75, 3.05) is 0 Å². The SMILES string of the molecule is CCC(C)(C)OC(=O)/C=C\C(=O)[O-].CCC(C)(C)OC(=O)/C=C\C(=O)[O-].[Cd+2]. The van der Waals surface area contributed by atoms with E-state index in [4.69, 9.17) is 9.47 Å². The normalized spacial score (nSPS) is 11.2. The van der Waals surface area contributed by atoms with E-state index in [1.54, 1.807) is 27.7 Å². The van der Waals surface area contributed by atoms with E-state index in [9.17, 15) is 29.4 Å². The fourth-order valence-electron chi connectivity index (χ4n) is 1.03. The van der Waals surface area contributed by atoms with Crippen LogP contribution in [0.15, 0.2) is 24.3 Å². The number of carboxylic acid groups (broad SMARTS) is 2. The Bertz CT molecular complexity index is 512. The zero-order chi connectivity index (χ0) is 21.0. The second kappa shape index (κ2) is 14.4. The average Bonchev–Trinajstić information content (AvgIpc) is 2.51. The molecule has 0 amide bonds. The van der Waals surface area contributed by atoms with E-state index in [0.717, 1.165) is 12.2 Å². The molecule has 0 aliphatic carbocycles. The zero-order valence-corrected chi connectivity index (χ0v) is 20.7. The van der Waals surface area contributed by atoms with Crippen molar-refractivity contribution >= 4 is 23.9 Å². The number of hydrogen-bond acceptors (Lipinski definition) is 8. The molecule has 0 bridgehead atoms. The van der Waals surface area contributed by atoms with Gasteiger partial charge >= 0.3 is 39.2 Å². The van der Waals surface area contributed by atoms with Gasteiger partial charge in [0.25, 0.3) is 0 Å². The Morgan fingerprint density at radius 3 is 1.15 bits per heavy atom. The summed E-state index contributed by atoms with van der Waals surface area (Å²) >= 11 is 0. The minimum atomic E-state index is -1.41. The van der Waals surface area contributed by atoms with Crippen LogP contribution in [-0.4, -0.2) is 35.1 Å². The summed E-state index contributed by atoms with van der Waals surface area (Å²) < 4.78 is 9.84. The monoisotopic (exact) mass is 484 g/mol. The molecule has 0 aromatic heterocycles. The number of aliphatic carboxylic acids is 2. The summed E-state index contributed by atoms with van der Waals surface area (Å²) in [6.07, 6.45) is 4.30. The minimum Gasteiger partial charge on any atom is -0.545 e. The van der Waals surface area contributed by atoms with Crippen LogP contribution in [-0.2, 0) is 56.0 Å². The summed E-state index contributed by atoms with van der Waals surface area (Å²) in [6, 6.07) is 0. The molecule has 9 heteroatoms. The van der Waals surface area contributed by atoms with Crippen LogP contribution in [0.5, 0.6) is 0 Å². The summed E-state index contributed by atoms with van der Waals surface area (Å²) in [5, 5.41) is 19.9. The van der Waals surface area contributed by atoms with Crippen molar-refractivity contribution in [1.82, 2.24) is 0 Å². The quantitative estimate of drug-likeness (QED) is 0.269. The predicted octanol–water partition coefficient (Wildman–Crippen LogP) is 0.0461. The van der Waals surface area contributed by atoms with Crippen LogP contribution >= 0.6 is 0 Å². The number of carboxylic acids is 2. The molecule has 8 nitrogen and oxygen atoms in total. The Balaban J connectivity index is -0.000000411. The van der Waals surface area contributed by atoms with Gasteiger partial charge in [-0.05, 0) is 52.7 Å². The van der Waals surface area contributed by atoms with Gasteiger partial charge in [-0.25, -0.2) is 9.59 Å². The molecule has 0 spiro atoms. The van der Waals surface area contributed by atoms with Crippen molar-refractivity contribution in [3.8, 4) is 0 Å². The Kier molecular flexibility index (Phi) is 16.0. The maximum absolute atomic E-state index is 10.9. The zero-order valence-electron chi connectivity index (χ0n) is 16.7. The molecule has 0 fully saturated rings. The molecule has 0 aliphatic rings. The van der Waals surface area contributed by atoms with Gasteiger partial charge in [-0.1, -0.05) is 13.8 Å². The smallest absolute Gasteiger partial charge is 0.545 e. The largest absolute Gasteiger partial charge is 2.00 e. The first-order valence-corrected chi connectivity index (χ1v) is 7.98. The van der Waals surface area contributed by atoms with E-state index in [1.807, 2.05) is 13.8 Å². The first-order valence-electron chi connectivity index (χ1n) is 7.98. The Morgan fingerprint density at radius 2 is 0.963 bits per heavy atom. The second-order valence-corrected chi connectivity index (χ2v) is 6.37. The molecule has 0 atom stereocenters. The molecular weight excluding hydrogens is 457 g/mol. The third-order valence-electron chi connectivity index (χ3n) is 3.17. The number of carbonyl (C=O) groups is 4. The molecular formula is C18H26CdO8. The topological polar surface area (TPSA) is 133 Å². The van der Waals surface area contributed by atoms with E-state index in [0.29, 0.717) is 25.0 Å². The van der Waals surface area contributed by atoms with Gasteiger partial charge in [-0.15, -0.1) is 0 Å². The Labute approximate surface area is 179 Å². The van der Waals surface area contributed by atoms with Gasteiger partial charge in [0.05, 0.1) is 11.9 Å². The average molecular weight is 483 g/mol. The Hall–Kier alpha value is -1.72. The van der Waals surface area contributed by atoms with Gasteiger partial charge in [0, 0.05) is 12.2 Å². The van der Waals surface area contributed by atoms with Crippen molar-refractivity contribution in [2.45, 2.75) is 65.6 Å². The fourth-order valence-corrected chi connectivity index (χ4v) is 1.03. The van der Waals surface area contributed by atoms with E-state index in [-0.39, 0.29) is 27.3 Å². The maximum atomic E-state index is 10.9. The van der Waals surface area contributed by atoms with Crippen LogP contribution in [0.25, 0.3) is 0 Å². The molecule has 27 heavy (non-hydrogen) atoms. The summed E-state index contributed by atoms with van der Waals surface area (Å²) in [5.74, 6) is -4.16. The van der Waals surface area contributed by atoms with Crippen LogP contribution in [0.2, 0.25) is 0 Å². The second-order valence-electron chi connectivity index (χ2n) is 6.37. The van der Waals surface area contributed by atoms with Crippen LogP contribution in [0.4, 0.5) is 0 Å². The number of carbonyl (C=O) groups excluding carboxylic acids is 4. The van der Waals surface area contributed by atoms with Gasteiger partial charge < -0.3 is 29.3 Å². The number of rotatable bonds is 8. The third-order valence-corrected chi connectivity index (χ3v) is 3.17. The molecule has 0 saturated heterocycles. The van der Waals surface area contributed by atoms with Crippen molar-refractivity contribution in [3.05, 3.63) is 24.3 Å². The van der Waals surface area contributed by atoms with Crippen LogP contribution in [0.3, 0.4) is 0 Å². The van der Waals surface area contributed by atoms with Gasteiger partial charge in [0.15, 0.2) is 0 Å². The first kappa shape index (κ1) is 30.0. The van der Waals surface area contributed by atoms with E-state index in [1.165, 1.54) is 0 Å². The molecule has 0 radical (unpaired) electrons. The van der Waals surface area contributed by atoms with Gasteiger partial charge in [0.1, 0.15) is 11.2 Å². The molecule has 148 valence electrons. The molecule has 0 aromatic rings. The van der Waals surface area contributed by atoms with E-state index >= 15 is 0 Å². The Morgan fingerprint density at radius 1 is 0.704 bits per heavy atom. The molecule has 0 rings (SSSR count). The third kappa shape index (κ3) is 20.4.